The summed E-state index contributed by atoms with van der Waals surface area (Å²) in [5, 5.41) is 13.1. The summed E-state index contributed by atoms with van der Waals surface area (Å²) in [7, 11) is 0. The van der Waals surface area contributed by atoms with Gasteiger partial charge in [0, 0.05) is 42.7 Å². The molecule has 0 spiro atoms. The fourth-order valence-electron chi connectivity index (χ4n) is 2.16. The van der Waals surface area contributed by atoms with Gasteiger partial charge in [-0.25, -0.2) is 9.37 Å². The van der Waals surface area contributed by atoms with Gasteiger partial charge in [0.1, 0.15) is 11.6 Å². The highest BCUT2D eigenvalue weighted by Crippen LogP contribution is 2.24. The molecule has 2 unspecified atom stereocenters. The third kappa shape index (κ3) is 3.54. The molecule has 1 heterocycles. The Morgan fingerprint density at radius 2 is 2.21 bits per heavy atom. The molecule has 0 aliphatic heterocycles. The summed E-state index contributed by atoms with van der Waals surface area (Å²) in [6.07, 6.45) is 5.40. The Kier molecular flexibility index (Phi) is 4.16. The molecule has 2 aromatic rings. The summed E-state index contributed by atoms with van der Waals surface area (Å²) in [5.41, 5.74) is 0.693. The molecule has 0 radical (unpaired) electrons. The van der Waals surface area contributed by atoms with Gasteiger partial charge in [-0.1, -0.05) is 6.07 Å². The van der Waals surface area contributed by atoms with E-state index in [1.165, 1.54) is 6.07 Å². The van der Waals surface area contributed by atoms with Crippen LogP contribution in [-0.4, -0.2) is 20.7 Å². The number of aromatic hydroxyl groups is 1. The van der Waals surface area contributed by atoms with Crippen molar-refractivity contribution in [1.82, 2.24) is 14.9 Å². The first-order chi connectivity index (χ1) is 9.06. The molecule has 0 bridgehead atoms. The van der Waals surface area contributed by atoms with E-state index in [1.807, 2.05) is 17.7 Å². The van der Waals surface area contributed by atoms with Crippen LogP contribution in [0.1, 0.15) is 25.5 Å². The summed E-state index contributed by atoms with van der Waals surface area (Å²) < 4.78 is 14.9. The first-order valence-corrected chi connectivity index (χ1v) is 6.26. The number of imidazole rings is 1. The molecule has 2 atom stereocenters. The Bertz CT molecular complexity index is 527. The summed E-state index contributed by atoms with van der Waals surface area (Å²) in [5.74, 6) is -0.449. The number of nitrogens with zero attached hydrogens (tertiary/aromatic N) is 2. The molecule has 1 aromatic carbocycles. The molecule has 0 saturated heterocycles. The van der Waals surface area contributed by atoms with Crippen molar-refractivity contribution in [2.45, 2.75) is 32.5 Å². The summed E-state index contributed by atoms with van der Waals surface area (Å²) in [6, 6.07) is 4.24. The number of rotatable bonds is 5. The number of phenolic OH excluding ortho intramolecular Hbond substituents is 1. The molecule has 2 rings (SSSR count). The number of halogens is 1. The van der Waals surface area contributed by atoms with Gasteiger partial charge in [-0.15, -0.1) is 0 Å². The topological polar surface area (TPSA) is 50.1 Å². The van der Waals surface area contributed by atoms with E-state index < -0.39 is 5.82 Å². The Balaban J connectivity index is 1.98. The first kappa shape index (κ1) is 13.5. The van der Waals surface area contributed by atoms with Gasteiger partial charge >= 0.3 is 0 Å². The monoisotopic (exact) mass is 263 g/mol. The lowest BCUT2D eigenvalue weighted by Crippen LogP contribution is -2.32. The van der Waals surface area contributed by atoms with Gasteiger partial charge < -0.3 is 15.0 Å². The Labute approximate surface area is 111 Å². The number of nitrogens with one attached hydrogen (secondary N) is 1. The van der Waals surface area contributed by atoms with Gasteiger partial charge in [0.2, 0.25) is 0 Å². The molecule has 0 saturated carbocycles. The van der Waals surface area contributed by atoms with Crippen molar-refractivity contribution in [3.05, 3.63) is 48.3 Å². The van der Waals surface area contributed by atoms with E-state index >= 15 is 0 Å². The average molecular weight is 263 g/mol. The third-order valence-corrected chi connectivity index (χ3v) is 3.04. The third-order valence-electron chi connectivity index (χ3n) is 3.04. The highest BCUT2D eigenvalue weighted by Gasteiger charge is 2.13. The summed E-state index contributed by atoms with van der Waals surface area (Å²) in [6.45, 7) is 4.78. The Hall–Kier alpha value is -1.88. The standard InChI is InChI=1S/C14H18FN3O/c1-10(8-18-6-5-16-9-18)17-11(2)13-4-3-12(15)7-14(13)19/h3-7,9-11,17,19H,8H2,1-2H3. The summed E-state index contributed by atoms with van der Waals surface area (Å²) >= 11 is 0. The molecular weight excluding hydrogens is 245 g/mol. The van der Waals surface area contributed by atoms with E-state index in [1.54, 1.807) is 18.6 Å². The van der Waals surface area contributed by atoms with E-state index in [9.17, 15) is 9.50 Å². The van der Waals surface area contributed by atoms with Crippen LogP contribution < -0.4 is 5.32 Å². The predicted molar refractivity (Wildman–Crippen MR) is 71.3 cm³/mol. The maximum atomic E-state index is 12.9. The molecule has 4 nitrogen and oxygen atoms in total. The Morgan fingerprint density at radius 3 is 2.84 bits per heavy atom. The van der Waals surface area contributed by atoms with Gasteiger partial charge in [0.25, 0.3) is 0 Å². The molecule has 5 heteroatoms. The van der Waals surface area contributed by atoms with E-state index in [4.69, 9.17) is 0 Å². The second-order valence-electron chi connectivity index (χ2n) is 4.75. The maximum Gasteiger partial charge on any atom is 0.126 e. The minimum absolute atomic E-state index is 0.0187. The van der Waals surface area contributed by atoms with E-state index in [0.717, 1.165) is 12.6 Å². The molecular formula is C14H18FN3O. The molecule has 2 N–H and O–H groups in total. The molecule has 102 valence electrons. The number of hydrogen-bond acceptors (Lipinski definition) is 3. The zero-order chi connectivity index (χ0) is 13.8. The molecule has 19 heavy (non-hydrogen) atoms. The van der Waals surface area contributed by atoms with Crippen LogP contribution in [-0.2, 0) is 6.54 Å². The molecule has 1 aromatic heterocycles. The minimum atomic E-state index is -0.431. The lowest BCUT2D eigenvalue weighted by Gasteiger charge is -2.21. The number of benzene rings is 1. The SMILES string of the molecule is CC(Cn1ccnc1)NC(C)c1ccc(F)cc1O. The molecule has 0 aliphatic carbocycles. The second kappa shape index (κ2) is 5.84. The van der Waals surface area contributed by atoms with Crippen LogP contribution in [0.5, 0.6) is 5.75 Å². The highest BCUT2D eigenvalue weighted by atomic mass is 19.1. The smallest absolute Gasteiger partial charge is 0.126 e. The lowest BCUT2D eigenvalue weighted by atomic mass is 10.1. The van der Waals surface area contributed by atoms with E-state index in [2.05, 4.69) is 17.2 Å². The number of hydrogen-bond donors (Lipinski definition) is 2. The van der Waals surface area contributed by atoms with Crippen molar-refractivity contribution in [3.63, 3.8) is 0 Å². The number of phenols is 1. The van der Waals surface area contributed by atoms with Crippen molar-refractivity contribution in [2.24, 2.45) is 0 Å². The van der Waals surface area contributed by atoms with Crippen LogP contribution in [0.3, 0.4) is 0 Å². The maximum absolute atomic E-state index is 12.9. The average Bonchev–Trinajstić information content (AvgIpc) is 2.81. The summed E-state index contributed by atoms with van der Waals surface area (Å²) in [4.78, 5) is 3.99. The minimum Gasteiger partial charge on any atom is -0.508 e. The zero-order valence-corrected chi connectivity index (χ0v) is 11.0. The number of aromatic nitrogens is 2. The predicted octanol–water partition coefficient (Wildman–Crippen LogP) is 2.47. The quantitative estimate of drug-likeness (QED) is 0.871. The van der Waals surface area contributed by atoms with Crippen LogP contribution >= 0.6 is 0 Å². The second-order valence-corrected chi connectivity index (χ2v) is 4.75. The van der Waals surface area contributed by atoms with Gasteiger partial charge in [0.15, 0.2) is 0 Å². The first-order valence-electron chi connectivity index (χ1n) is 6.26. The van der Waals surface area contributed by atoms with E-state index in [0.29, 0.717) is 5.56 Å². The zero-order valence-electron chi connectivity index (χ0n) is 11.0. The van der Waals surface area contributed by atoms with Crippen molar-refractivity contribution in [3.8, 4) is 5.75 Å². The van der Waals surface area contributed by atoms with Crippen LogP contribution in [0, 0.1) is 5.82 Å². The van der Waals surface area contributed by atoms with Gasteiger partial charge in [-0.2, -0.15) is 0 Å². The van der Waals surface area contributed by atoms with Crippen LogP contribution in [0.2, 0.25) is 0 Å². The lowest BCUT2D eigenvalue weighted by molar-refractivity contribution is 0.408. The Morgan fingerprint density at radius 1 is 1.42 bits per heavy atom. The molecule has 0 amide bonds. The molecule has 0 fully saturated rings. The molecule has 0 aliphatic rings. The fraction of sp³-hybridized carbons (Fsp3) is 0.357. The van der Waals surface area contributed by atoms with Crippen LogP contribution in [0.15, 0.2) is 36.9 Å². The van der Waals surface area contributed by atoms with E-state index in [-0.39, 0.29) is 17.8 Å². The van der Waals surface area contributed by atoms with Crippen molar-refractivity contribution < 1.29 is 9.50 Å². The van der Waals surface area contributed by atoms with Gasteiger partial charge in [-0.3, -0.25) is 0 Å². The van der Waals surface area contributed by atoms with Crippen LogP contribution in [0.4, 0.5) is 4.39 Å². The van der Waals surface area contributed by atoms with Crippen molar-refractivity contribution in [2.75, 3.05) is 0 Å². The largest absolute Gasteiger partial charge is 0.508 e. The van der Waals surface area contributed by atoms with Crippen molar-refractivity contribution >= 4 is 0 Å². The highest BCUT2D eigenvalue weighted by molar-refractivity contribution is 5.34. The van der Waals surface area contributed by atoms with Crippen LogP contribution in [0.25, 0.3) is 0 Å². The van der Waals surface area contributed by atoms with Gasteiger partial charge in [-0.05, 0) is 19.9 Å². The normalized spacial score (nSPS) is 14.3. The van der Waals surface area contributed by atoms with Crippen molar-refractivity contribution in [1.29, 1.82) is 0 Å². The fourth-order valence-corrected chi connectivity index (χ4v) is 2.16. The van der Waals surface area contributed by atoms with Gasteiger partial charge in [0.05, 0.1) is 6.33 Å².